The van der Waals surface area contributed by atoms with E-state index in [0.717, 1.165) is 18.1 Å². The third kappa shape index (κ3) is 2.46. The van der Waals surface area contributed by atoms with Gasteiger partial charge in [0.2, 0.25) is 5.82 Å². The lowest BCUT2D eigenvalue weighted by Gasteiger charge is -2.31. The van der Waals surface area contributed by atoms with Crippen molar-refractivity contribution in [2.75, 3.05) is 19.0 Å². The van der Waals surface area contributed by atoms with E-state index in [-0.39, 0.29) is 4.65 Å². The Morgan fingerprint density at radius 2 is 2.06 bits per heavy atom. The highest BCUT2D eigenvalue weighted by Gasteiger charge is 2.30. The number of benzene rings is 1. The highest BCUT2D eigenvalue weighted by molar-refractivity contribution is 5.46. The van der Waals surface area contributed by atoms with Gasteiger partial charge in [-0.05, 0) is 30.9 Å². The fourth-order valence-electron chi connectivity index (χ4n) is 1.77. The molecule has 2 rings (SSSR count). The summed E-state index contributed by atoms with van der Waals surface area (Å²) in [4.78, 5) is 5.55. The molecule has 3 nitrogen and oxygen atoms in total. The highest BCUT2D eigenvalue weighted by Crippen LogP contribution is 2.22. The molecule has 0 amide bonds. The van der Waals surface area contributed by atoms with Crippen molar-refractivity contribution in [1.29, 1.82) is 0 Å². The predicted octanol–water partition coefficient (Wildman–Crippen LogP) is 3.03. The van der Waals surface area contributed by atoms with E-state index in [2.05, 4.69) is 18.0 Å². The number of anilines is 1. The fourth-order valence-corrected chi connectivity index (χ4v) is 1.77. The minimum Gasteiger partial charge on any atom is -0.309 e. The van der Waals surface area contributed by atoms with Gasteiger partial charge in [-0.15, -0.1) is 4.65 Å². The highest BCUT2D eigenvalue weighted by atomic mass is 16.7. The van der Waals surface area contributed by atoms with Gasteiger partial charge >= 0.3 is 0 Å². The number of hydrogen-bond donors (Lipinski definition) is 1. The number of rotatable bonds is 4. The van der Waals surface area contributed by atoms with Gasteiger partial charge in [0.15, 0.2) is 0 Å². The normalized spacial score (nSPS) is 22.4. The predicted molar refractivity (Wildman–Crippen MR) is 69.6 cm³/mol. The van der Waals surface area contributed by atoms with Gasteiger partial charge in [0.1, 0.15) is 12.7 Å². The zero-order chi connectivity index (χ0) is 12.1. The molecule has 1 N–H and O–H groups in total. The van der Waals surface area contributed by atoms with Crippen molar-refractivity contribution < 1.29 is 9.48 Å². The SMILES string of the molecule is C=C(Nc1ccccc1)[N@@+]1(OC)C=CC=CC1. The van der Waals surface area contributed by atoms with Crippen LogP contribution in [0.15, 0.2) is 67.2 Å². The Kier molecular flexibility index (Phi) is 3.42. The molecular weight excluding hydrogens is 212 g/mol. The Hall–Kier alpha value is -1.84. The van der Waals surface area contributed by atoms with E-state index in [1.165, 1.54) is 0 Å². The molecule has 1 atom stereocenters. The molecule has 3 heteroatoms. The van der Waals surface area contributed by atoms with Crippen LogP contribution in [0.3, 0.4) is 0 Å². The molecule has 1 heterocycles. The maximum atomic E-state index is 5.55. The van der Waals surface area contributed by atoms with Crippen LogP contribution in [0.5, 0.6) is 0 Å². The van der Waals surface area contributed by atoms with Gasteiger partial charge in [-0.3, -0.25) is 0 Å². The largest absolute Gasteiger partial charge is 0.309 e. The first-order chi connectivity index (χ1) is 8.27. The summed E-state index contributed by atoms with van der Waals surface area (Å²) >= 11 is 0. The summed E-state index contributed by atoms with van der Waals surface area (Å²) in [6.45, 7) is 4.81. The van der Waals surface area contributed by atoms with E-state index in [0.29, 0.717) is 0 Å². The van der Waals surface area contributed by atoms with E-state index in [9.17, 15) is 0 Å². The van der Waals surface area contributed by atoms with Gasteiger partial charge in [-0.25, -0.2) is 0 Å². The summed E-state index contributed by atoms with van der Waals surface area (Å²) in [6, 6.07) is 9.96. The maximum Gasteiger partial charge on any atom is 0.236 e. The first-order valence-corrected chi connectivity index (χ1v) is 5.56. The van der Waals surface area contributed by atoms with Gasteiger partial charge in [0.25, 0.3) is 0 Å². The van der Waals surface area contributed by atoms with Crippen LogP contribution in [0.1, 0.15) is 0 Å². The number of hydrogen-bond acceptors (Lipinski definition) is 2. The lowest BCUT2D eigenvalue weighted by Crippen LogP contribution is -2.43. The Labute approximate surface area is 102 Å². The molecule has 0 saturated carbocycles. The zero-order valence-corrected chi connectivity index (χ0v) is 9.97. The summed E-state index contributed by atoms with van der Waals surface area (Å²) < 4.78 is 0.269. The van der Waals surface area contributed by atoms with Crippen LogP contribution in [0.4, 0.5) is 5.69 Å². The van der Waals surface area contributed by atoms with Crippen molar-refractivity contribution in [3.8, 4) is 0 Å². The minimum absolute atomic E-state index is 0.269. The molecule has 1 aliphatic rings. The van der Waals surface area contributed by atoms with Crippen LogP contribution in [-0.4, -0.2) is 18.3 Å². The van der Waals surface area contributed by atoms with Crippen LogP contribution in [0.25, 0.3) is 0 Å². The summed E-state index contributed by atoms with van der Waals surface area (Å²) in [6.07, 6.45) is 8.00. The monoisotopic (exact) mass is 229 g/mol. The molecule has 0 spiro atoms. The van der Waals surface area contributed by atoms with Crippen LogP contribution in [0, 0.1) is 0 Å². The van der Waals surface area contributed by atoms with E-state index in [1.54, 1.807) is 7.11 Å². The van der Waals surface area contributed by atoms with Crippen molar-refractivity contribution in [2.45, 2.75) is 0 Å². The molecule has 0 fully saturated rings. The molecule has 0 aliphatic carbocycles. The molecule has 17 heavy (non-hydrogen) atoms. The van der Waals surface area contributed by atoms with E-state index < -0.39 is 0 Å². The van der Waals surface area contributed by atoms with Gasteiger partial charge in [-0.2, -0.15) is 4.84 Å². The smallest absolute Gasteiger partial charge is 0.236 e. The van der Waals surface area contributed by atoms with Gasteiger partial charge in [-0.1, -0.05) is 24.3 Å². The maximum absolute atomic E-state index is 5.55. The Bertz CT molecular complexity index is 451. The molecule has 88 valence electrons. The van der Waals surface area contributed by atoms with E-state index in [1.807, 2.05) is 48.7 Å². The summed E-state index contributed by atoms with van der Waals surface area (Å²) in [5, 5.41) is 3.27. The van der Waals surface area contributed by atoms with Gasteiger partial charge in [0, 0.05) is 5.69 Å². The van der Waals surface area contributed by atoms with E-state index >= 15 is 0 Å². The number of quaternary nitrogens is 1. The number of hydroxylamine groups is 3. The molecule has 0 unspecified atom stereocenters. The number of para-hydroxylation sites is 1. The molecule has 1 aliphatic heterocycles. The second kappa shape index (κ2) is 4.99. The Morgan fingerprint density at radius 1 is 1.29 bits per heavy atom. The van der Waals surface area contributed by atoms with Crippen molar-refractivity contribution in [2.24, 2.45) is 0 Å². The fraction of sp³-hybridized carbons (Fsp3) is 0.143. The van der Waals surface area contributed by atoms with Crippen LogP contribution in [-0.2, 0) is 4.84 Å². The third-order valence-corrected chi connectivity index (χ3v) is 2.80. The minimum atomic E-state index is 0.269. The average molecular weight is 229 g/mol. The van der Waals surface area contributed by atoms with Crippen molar-refractivity contribution >= 4 is 5.69 Å². The second-order valence-electron chi connectivity index (χ2n) is 3.87. The van der Waals surface area contributed by atoms with Crippen LogP contribution in [0.2, 0.25) is 0 Å². The van der Waals surface area contributed by atoms with Gasteiger partial charge in [0.05, 0.1) is 7.11 Å². The quantitative estimate of drug-likeness (QED) is 0.801. The van der Waals surface area contributed by atoms with Crippen LogP contribution >= 0.6 is 0 Å². The molecule has 1 aromatic carbocycles. The average Bonchev–Trinajstić information content (AvgIpc) is 2.40. The lowest BCUT2D eigenvalue weighted by atomic mass is 10.3. The van der Waals surface area contributed by atoms with E-state index in [4.69, 9.17) is 4.84 Å². The molecule has 0 radical (unpaired) electrons. The molecule has 0 aromatic heterocycles. The standard InChI is InChI=1S/C14H17N2O/c1-13(15-14-9-5-3-6-10-14)16(17-2)11-7-4-8-12-16/h3-11,15H,1,12H2,2H3/q+1/t16-/m1/s1. The summed E-state index contributed by atoms with van der Waals surface area (Å²) in [5.74, 6) is 0.791. The van der Waals surface area contributed by atoms with Crippen LogP contribution < -0.4 is 5.32 Å². The number of allylic oxidation sites excluding steroid dienone is 2. The molecular formula is C14H17N2O+. The molecule has 0 bridgehead atoms. The number of nitrogens with zero attached hydrogens (tertiary/aromatic N) is 1. The summed E-state index contributed by atoms with van der Waals surface area (Å²) in [7, 11) is 1.68. The second-order valence-corrected chi connectivity index (χ2v) is 3.87. The first-order valence-electron chi connectivity index (χ1n) is 5.56. The topological polar surface area (TPSA) is 21.3 Å². The van der Waals surface area contributed by atoms with Crippen molar-refractivity contribution in [3.63, 3.8) is 0 Å². The van der Waals surface area contributed by atoms with Crippen molar-refractivity contribution in [1.82, 2.24) is 0 Å². The molecule has 1 aromatic rings. The lowest BCUT2D eigenvalue weighted by molar-refractivity contribution is -1.03. The number of nitrogens with one attached hydrogen (secondary N) is 1. The third-order valence-electron chi connectivity index (χ3n) is 2.80. The summed E-state index contributed by atoms with van der Waals surface area (Å²) in [5.41, 5.74) is 1.01. The zero-order valence-electron chi connectivity index (χ0n) is 9.97. The van der Waals surface area contributed by atoms with Gasteiger partial charge < -0.3 is 5.32 Å². The Morgan fingerprint density at radius 3 is 2.65 bits per heavy atom. The van der Waals surface area contributed by atoms with Crippen molar-refractivity contribution in [3.05, 3.63) is 67.2 Å². The first kappa shape index (κ1) is 11.6. The Balaban J connectivity index is 2.14. The molecule has 0 saturated heterocycles.